The molecule has 1 aliphatic rings. The van der Waals surface area contributed by atoms with Gasteiger partial charge in [-0.3, -0.25) is 10.1 Å². The Morgan fingerprint density at radius 1 is 1.48 bits per heavy atom. The van der Waals surface area contributed by atoms with Crippen molar-refractivity contribution >= 4 is 17.9 Å². The molecular weight excluding hydrogens is 282 g/mol. The second kappa shape index (κ2) is 4.96. The van der Waals surface area contributed by atoms with E-state index in [1.165, 1.54) is 24.7 Å². The minimum Gasteiger partial charge on any atom is -0.454 e. The number of nitrogens with zero attached hydrogens (tertiary/aromatic N) is 5. The number of hydrogen-bond donors (Lipinski definition) is 2. The number of nitrogen functional groups attached to an aromatic ring is 1. The van der Waals surface area contributed by atoms with Gasteiger partial charge in [0.05, 0.1) is 22.8 Å². The molecule has 0 atom stereocenters. The van der Waals surface area contributed by atoms with Gasteiger partial charge in [0, 0.05) is 0 Å². The van der Waals surface area contributed by atoms with Crippen molar-refractivity contribution in [1.29, 1.82) is 0 Å². The van der Waals surface area contributed by atoms with Crippen LogP contribution in [0.5, 0.6) is 11.5 Å². The Morgan fingerprint density at radius 2 is 2.24 bits per heavy atom. The molecule has 0 unspecified atom stereocenters. The summed E-state index contributed by atoms with van der Waals surface area (Å²) < 4.78 is 11.4. The van der Waals surface area contributed by atoms with Crippen LogP contribution in [0.4, 0.5) is 11.6 Å². The van der Waals surface area contributed by atoms with Crippen LogP contribution in [0.1, 0.15) is 5.56 Å². The van der Waals surface area contributed by atoms with Crippen molar-refractivity contribution < 1.29 is 14.4 Å². The first kappa shape index (κ1) is 12.7. The summed E-state index contributed by atoms with van der Waals surface area (Å²) in [6.07, 6.45) is 2.54. The first-order valence-corrected chi connectivity index (χ1v) is 5.67. The number of ether oxygens (including phenoxy) is 2. The van der Waals surface area contributed by atoms with Gasteiger partial charge in [0.15, 0.2) is 11.5 Å². The number of benzene rings is 1. The van der Waals surface area contributed by atoms with Gasteiger partial charge in [-0.15, -0.1) is 10.2 Å². The number of hydrogen-bond acceptors (Lipinski definition) is 9. The zero-order chi connectivity index (χ0) is 14.8. The molecule has 2 aromatic rings. The summed E-state index contributed by atoms with van der Waals surface area (Å²) >= 11 is 0. The molecule has 0 saturated heterocycles. The van der Waals surface area contributed by atoms with Gasteiger partial charge in [0.25, 0.3) is 11.6 Å². The molecule has 21 heavy (non-hydrogen) atoms. The second-order valence-electron chi connectivity index (χ2n) is 3.95. The molecule has 3 N–H and O–H groups in total. The van der Waals surface area contributed by atoms with E-state index in [0.29, 0.717) is 11.5 Å². The van der Waals surface area contributed by atoms with Crippen molar-refractivity contribution in [2.45, 2.75) is 0 Å². The Labute approximate surface area is 117 Å². The van der Waals surface area contributed by atoms with Crippen LogP contribution in [0.25, 0.3) is 0 Å². The monoisotopic (exact) mass is 291 g/mol. The lowest BCUT2D eigenvalue weighted by molar-refractivity contribution is -0.385. The first-order valence-electron chi connectivity index (χ1n) is 5.67. The zero-order valence-corrected chi connectivity index (χ0v) is 10.5. The van der Waals surface area contributed by atoms with E-state index in [-0.39, 0.29) is 24.0 Å². The van der Waals surface area contributed by atoms with Crippen LogP contribution in [0.15, 0.2) is 23.6 Å². The number of nitro groups is 1. The normalized spacial score (nSPS) is 12.8. The third-order valence-electron chi connectivity index (χ3n) is 2.66. The topological polar surface area (TPSA) is 143 Å². The number of aromatic nitrogens is 3. The molecule has 3 rings (SSSR count). The lowest BCUT2D eigenvalue weighted by Crippen LogP contribution is -2.10. The Kier molecular flexibility index (Phi) is 2.99. The smallest absolute Gasteiger partial charge is 0.282 e. The molecular formula is C10H9N7O4. The maximum Gasteiger partial charge on any atom is 0.282 e. The van der Waals surface area contributed by atoms with Gasteiger partial charge in [-0.05, 0) is 6.07 Å². The fourth-order valence-electron chi connectivity index (χ4n) is 1.69. The molecule has 0 saturated carbocycles. The van der Waals surface area contributed by atoms with Crippen molar-refractivity contribution in [3.05, 3.63) is 34.1 Å². The number of rotatable bonds is 4. The fourth-order valence-corrected chi connectivity index (χ4v) is 1.69. The van der Waals surface area contributed by atoms with Gasteiger partial charge in [0.2, 0.25) is 6.79 Å². The van der Waals surface area contributed by atoms with E-state index in [0.717, 1.165) is 4.68 Å². The Hall–Kier alpha value is -3.37. The SMILES string of the molecule is Nn1cnnc1NN=Cc1cc2c(cc1[N+](=O)[O-])OCO2. The summed E-state index contributed by atoms with van der Waals surface area (Å²) in [6, 6.07) is 2.76. The zero-order valence-electron chi connectivity index (χ0n) is 10.5. The Morgan fingerprint density at radius 3 is 2.90 bits per heavy atom. The number of fused-ring (bicyclic) bond motifs is 1. The Bertz CT molecular complexity index is 726. The summed E-state index contributed by atoms with van der Waals surface area (Å²) in [4.78, 5) is 10.5. The van der Waals surface area contributed by atoms with E-state index in [2.05, 4.69) is 20.7 Å². The van der Waals surface area contributed by atoms with E-state index in [4.69, 9.17) is 15.3 Å². The van der Waals surface area contributed by atoms with Gasteiger partial charge in [-0.25, -0.2) is 10.1 Å². The molecule has 0 fully saturated rings. The van der Waals surface area contributed by atoms with Gasteiger partial charge in [0.1, 0.15) is 6.33 Å². The molecule has 0 spiro atoms. The summed E-state index contributed by atoms with van der Waals surface area (Å²) in [6.45, 7) is 0.0294. The molecule has 11 heteroatoms. The van der Waals surface area contributed by atoms with Crippen molar-refractivity contribution in [2.24, 2.45) is 5.10 Å². The number of hydrazone groups is 1. The third-order valence-corrected chi connectivity index (χ3v) is 2.66. The van der Waals surface area contributed by atoms with Crippen molar-refractivity contribution in [3.63, 3.8) is 0 Å². The van der Waals surface area contributed by atoms with Gasteiger partial charge in [-0.1, -0.05) is 0 Å². The van der Waals surface area contributed by atoms with Crippen LogP contribution >= 0.6 is 0 Å². The minimum atomic E-state index is -0.533. The summed E-state index contributed by atoms with van der Waals surface area (Å²) in [5, 5.41) is 22.1. The van der Waals surface area contributed by atoms with Crippen LogP contribution in [0, 0.1) is 10.1 Å². The fraction of sp³-hybridized carbons (Fsp3) is 0.100. The highest BCUT2D eigenvalue weighted by Gasteiger charge is 2.22. The highest BCUT2D eigenvalue weighted by atomic mass is 16.7. The van der Waals surface area contributed by atoms with E-state index < -0.39 is 4.92 Å². The van der Waals surface area contributed by atoms with Crippen molar-refractivity contribution in [2.75, 3.05) is 18.1 Å². The maximum atomic E-state index is 11.0. The van der Waals surface area contributed by atoms with E-state index in [9.17, 15) is 10.1 Å². The lowest BCUT2D eigenvalue weighted by Gasteiger charge is -2.01. The first-order chi connectivity index (χ1) is 10.1. The molecule has 0 amide bonds. The standard InChI is InChI=1S/C10H9N7O4/c11-16-4-13-15-10(16)14-12-3-6-1-8-9(21-5-20-8)2-7(6)17(18)19/h1-4H,5,11H2,(H,14,15). The highest BCUT2D eigenvalue weighted by Crippen LogP contribution is 2.37. The number of nitrogens with one attached hydrogen (secondary N) is 1. The van der Waals surface area contributed by atoms with E-state index in [1.54, 1.807) is 0 Å². The van der Waals surface area contributed by atoms with Crippen molar-refractivity contribution in [3.8, 4) is 11.5 Å². The van der Waals surface area contributed by atoms with E-state index in [1.807, 2.05) is 0 Å². The molecule has 1 aromatic carbocycles. The van der Waals surface area contributed by atoms with Crippen LogP contribution in [-0.4, -0.2) is 32.8 Å². The summed E-state index contributed by atoms with van der Waals surface area (Å²) in [5.74, 6) is 6.42. The van der Waals surface area contributed by atoms with Crippen LogP contribution in [0.2, 0.25) is 0 Å². The average molecular weight is 291 g/mol. The van der Waals surface area contributed by atoms with Crippen molar-refractivity contribution in [1.82, 2.24) is 14.9 Å². The average Bonchev–Trinajstić information content (AvgIpc) is 3.06. The predicted molar refractivity (Wildman–Crippen MR) is 70.6 cm³/mol. The van der Waals surface area contributed by atoms with Gasteiger partial charge in [-0.2, -0.15) is 5.10 Å². The van der Waals surface area contributed by atoms with Crippen LogP contribution < -0.4 is 20.7 Å². The van der Waals surface area contributed by atoms with E-state index >= 15 is 0 Å². The maximum absolute atomic E-state index is 11.0. The quantitative estimate of drug-likeness (QED) is 0.349. The molecule has 1 aromatic heterocycles. The molecule has 0 bridgehead atoms. The van der Waals surface area contributed by atoms with Gasteiger partial charge < -0.3 is 15.3 Å². The third kappa shape index (κ3) is 2.39. The summed E-state index contributed by atoms with van der Waals surface area (Å²) in [5.41, 5.74) is 2.61. The molecule has 108 valence electrons. The molecule has 0 radical (unpaired) electrons. The predicted octanol–water partition coefficient (Wildman–Crippen LogP) is 0.0748. The highest BCUT2D eigenvalue weighted by molar-refractivity contribution is 5.87. The van der Waals surface area contributed by atoms with Crippen LogP contribution in [0.3, 0.4) is 0 Å². The van der Waals surface area contributed by atoms with Gasteiger partial charge >= 0.3 is 0 Å². The largest absolute Gasteiger partial charge is 0.454 e. The molecule has 1 aliphatic heterocycles. The number of nitrogens with two attached hydrogens (primary N) is 1. The second-order valence-corrected chi connectivity index (χ2v) is 3.95. The molecule has 2 heterocycles. The summed E-state index contributed by atoms with van der Waals surface area (Å²) in [7, 11) is 0. The minimum absolute atomic E-state index is 0.0294. The number of anilines is 1. The molecule has 11 nitrogen and oxygen atoms in total. The Balaban J connectivity index is 1.87. The van der Waals surface area contributed by atoms with Crippen LogP contribution in [-0.2, 0) is 0 Å². The number of nitro benzene ring substituents is 1. The molecule has 0 aliphatic carbocycles. The lowest BCUT2D eigenvalue weighted by atomic mass is 10.1.